The minimum Gasteiger partial charge on any atom is -0.744 e. The Hall–Kier alpha value is -2.70. The van der Waals surface area contributed by atoms with Crippen molar-refractivity contribution >= 4 is 26.9 Å². The van der Waals surface area contributed by atoms with Gasteiger partial charge in [0.1, 0.15) is 15.9 Å². The third-order valence-corrected chi connectivity index (χ3v) is 10.5. The van der Waals surface area contributed by atoms with Gasteiger partial charge in [0.25, 0.3) is 0 Å². The number of rotatable bonds is 5. The number of fused-ring (bicyclic) bond motifs is 2. The molecule has 3 aromatic rings. The average Bonchev–Trinajstić information content (AvgIpc) is 3.23. The van der Waals surface area contributed by atoms with Crippen molar-refractivity contribution < 1.29 is 22.5 Å². The topological polar surface area (TPSA) is 83.5 Å². The third kappa shape index (κ3) is 5.45. The maximum absolute atomic E-state index is 14.4. The lowest BCUT2D eigenvalue weighted by Crippen LogP contribution is -2.21. The molecule has 2 saturated carbocycles. The molecule has 5 nitrogen and oxygen atoms in total. The van der Waals surface area contributed by atoms with Gasteiger partial charge in [0.15, 0.2) is 0 Å². The van der Waals surface area contributed by atoms with Crippen LogP contribution in [0.5, 0.6) is 5.75 Å². The van der Waals surface area contributed by atoms with Crippen LogP contribution >= 0.6 is 0 Å². The van der Waals surface area contributed by atoms with Crippen molar-refractivity contribution in [2.75, 3.05) is 0 Å². The van der Waals surface area contributed by atoms with E-state index in [2.05, 4.69) is 30.3 Å². The van der Waals surface area contributed by atoms with Crippen LogP contribution in [0.2, 0.25) is 0 Å². The normalized spacial score (nSPS) is 19.2. The van der Waals surface area contributed by atoms with Crippen LogP contribution in [-0.4, -0.2) is 18.9 Å². The summed E-state index contributed by atoms with van der Waals surface area (Å²) in [7, 11) is -4.62. The highest BCUT2D eigenvalue weighted by molar-refractivity contribution is 7.85. The van der Waals surface area contributed by atoms with Gasteiger partial charge in [0.05, 0.1) is 10.5 Å². The number of hydrogen-bond donors (Lipinski definition) is 0. The van der Waals surface area contributed by atoms with Crippen molar-refractivity contribution in [3.8, 4) is 5.75 Å². The highest BCUT2D eigenvalue weighted by Gasteiger charge is 2.32. The Morgan fingerprint density at radius 2 is 1.38 bits per heavy atom. The van der Waals surface area contributed by atoms with Crippen LogP contribution in [0, 0.1) is 0 Å². The molecule has 0 aliphatic heterocycles. The second kappa shape index (κ2) is 11.7. The molecular formula is C34H39O5S-. The number of esters is 1. The van der Waals surface area contributed by atoms with Crippen LogP contribution < -0.4 is 4.74 Å². The molecule has 2 fully saturated rings. The van der Waals surface area contributed by atoms with Crippen molar-refractivity contribution in [1.82, 2.24) is 0 Å². The minimum atomic E-state index is -4.62. The van der Waals surface area contributed by atoms with Crippen molar-refractivity contribution in [1.29, 1.82) is 0 Å². The molecule has 0 unspecified atom stereocenters. The number of carbonyl (C=O) groups is 1. The number of benzene rings is 3. The zero-order valence-electron chi connectivity index (χ0n) is 23.3. The van der Waals surface area contributed by atoms with E-state index in [1.165, 1.54) is 56.0 Å². The summed E-state index contributed by atoms with van der Waals surface area (Å²) in [5.41, 5.74) is 4.25. The van der Waals surface area contributed by atoms with Crippen LogP contribution in [0.4, 0.5) is 0 Å². The molecule has 3 aliphatic rings. The van der Waals surface area contributed by atoms with E-state index in [0.717, 1.165) is 67.0 Å². The Morgan fingerprint density at radius 1 is 0.750 bits per heavy atom. The van der Waals surface area contributed by atoms with Gasteiger partial charge in [0, 0.05) is 0 Å². The zero-order chi connectivity index (χ0) is 27.7. The Bertz CT molecular complexity index is 1510. The summed E-state index contributed by atoms with van der Waals surface area (Å²) in [5.74, 6) is 0.714. The van der Waals surface area contributed by atoms with Gasteiger partial charge in [-0.2, -0.15) is 0 Å². The summed E-state index contributed by atoms with van der Waals surface area (Å²) in [6, 6.07) is 13.6. The molecule has 0 atom stereocenters. The van der Waals surface area contributed by atoms with Crippen molar-refractivity contribution in [3.05, 3.63) is 70.3 Å². The van der Waals surface area contributed by atoms with E-state index in [9.17, 15) is 17.8 Å². The standard InChI is InChI=1S/C34H40O5S/c35-34(39-30-20-21-31(40(36,37)38)28-19-9-3-8-18-27(28)30)33-29(23-12-4-1-5-13-23)22-25-16-10-11-17-26(25)32(33)24-14-6-2-7-15-24/h10-11,16-17,20-24H,1-9,12-15,18-19H2,(H,36,37,38)/p-1. The fourth-order valence-corrected chi connectivity index (χ4v) is 8.40. The maximum Gasteiger partial charge on any atom is 0.344 e. The van der Waals surface area contributed by atoms with E-state index in [0.29, 0.717) is 41.6 Å². The first-order chi connectivity index (χ1) is 19.4. The van der Waals surface area contributed by atoms with Crippen molar-refractivity contribution in [2.24, 2.45) is 0 Å². The first kappa shape index (κ1) is 27.5. The lowest BCUT2D eigenvalue weighted by molar-refractivity contribution is 0.0729. The van der Waals surface area contributed by atoms with Crippen LogP contribution in [0.3, 0.4) is 0 Å². The molecule has 6 heteroatoms. The van der Waals surface area contributed by atoms with E-state index in [-0.39, 0.29) is 10.9 Å². The molecule has 0 radical (unpaired) electrons. The minimum absolute atomic E-state index is 0.166. The molecule has 0 aromatic heterocycles. The molecule has 0 amide bonds. The van der Waals surface area contributed by atoms with E-state index >= 15 is 0 Å². The van der Waals surface area contributed by atoms with Crippen molar-refractivity contribution in [3.63, 3.8) is 0 Å². The van der Waals surface area contributed by atoms with Gasteiger partial charge in [-0.05, 0) is 114 Å². The van der Waals surface area contributed by atoms with Crippen LogP contribution in [0.1, 0.15) is 128 Å². The molecule has 40 heavy (non-hydrogen) atoms. The molecule has 3 aliphatic carbocycles. The predicted molar refractivity (Wildman–Crippen MR) is 156 cm³/mol. The molecular weight excluding hydrogens is 520 g/mol. The first-order valence-corrected chi connectivity index (χ1v) is 16.7. The SMILES string of the molecule is O=C(Oc1ccc(S(=O)(=O)[O-])c2c1CCCCC2)c1c(C2CCCCC2)cc2ccccc2c1C1CCCCC1. The van der Waals surface area contributed by atoms with Gasteiger partial charge >= 0.3 is 5.97 Å². The first-order valence-electron chi connectivity index (χ1n) is 15.3. The summed E-state index contributed by atoms with van der Waals surface area (Å²) in [6.07, 6.45) is 15.2. The highest BCUT2D eigenvalue weighted by atomic mass is 32.2. The Morgan fingerprint density at radius 3 is 2.08 bits per heavy atom. The second-order valence-corrected chi connectivity index (χ2v) is 13.4. The van der Waals surface area contributed by atoms with Gasteiger partial charge in [-0.15, -0.1) is 0 Å². The monoisotopic (exact) mass is 559 g/mol. The number of hydrogen-bond acceptors (Lipinski definition) is 5. The molecule has 3 aromatic carbocycles. The van der Waals surface area contributed by atoms with Crippen LogP contribution in [0.15, 0.2) is 47.4 Å². The van der Waals surface area contributed by atoms with Gasteiger partial charge in [-0.25, -0.2) is 13.2 Å². The largest absolute Gasteiger partial charge is 0.744 e. The third-order valence-electron chi connectivity index (χ3n) is 9.55. The lowest BCUT2D eigenvalue weighted by atomic mass is 9.74. The van der Waals surface area contributed by atoms with Gasteiger partial charge < -0.3 is 9.29 Å². The molecule has 0 saturated heterocycles. The number of carbonyl (C=O) groups excluding carboxylic acids is 1. The lowest BCUT2D eigenvalue weighted by Gasteiger charge is -2.30. The molecule has 0 N–H and O–H groups in total. The summed E-state index contributed by atoms with van der Waals surface area (Å²) < 4.78 is 42.5. The molecule has 0 heterocycles. The van der Waals surface area contributed by atoms with Crippen LogP contribution in [0.25, 0.3) is 10.8 Å². The van der Waals surface area contributed by atoms with E-state index in [1.54, 1.807) is 0 Å². The molecule has 6 rings (SSSR count). The fraction of sp³-hybridized carbons (Fsp3) is 0.500. The molecule has 0 bridgehead atoms. The van der Waals surface area contributed by atoms with Gasteiger partial charge in [-0.1, -0.05) is 69.2 Å². The predicted octanol–water partition coefficient (Wildman–Crippen LogP) is 8.33. The van der Waals surface area contributed by atoms with Crippen LogP contribution in [-0.2, 0) is 23.0 Å². The summed E-state index contributed by atoms with van der Waals surface area (Å²) >= 11 is 0. The number of ether oxygens (including phenoxy) is 1. The Balaban J connectivity index is 1.51. The van der Waals surface area contributed by atoms with Gasteiger partial charge in [0.2, 0.25) is 0 Å². The van der Waals surface area contributed by atoms with E-state index in [4.69, 9.17) is 4.74 Å². The van der Waals surface area contributed by atoms with Crippen molar-refractivity contribution in [2.45, 2.75) is 113 Å². The average molecular weight is 560 g/mol. The maximum atomic E-state index is 14.4. The second-order valence-electron chi connectivity index (χ2n) is 12.1. The Kier molecular flexibility index (Phi) is 8.00. The quantitative estimate of drug-likeness (QED) is 0.136. The summed E-state index contributed by atoms with van der Waals surface area (Å²) in [6.45, 7) is 0. The fourth-order valence-electron chi connectivity index (χ4n) is 7.64. The smallest absolute Gasteiger partial charge is 0.344 e. The Labute approximate surface area is 238 Å². The zero-order valence-corrected chi connectivity index (χ0v) is 24.1. The van der Waals surface area contributed by atoms with E-state index < -0.39 is 10.1 Å². The van der Waals surface area contributed by atoms with Gasteiger partial charge in [-0.3, -0.25) is 0 Å². The molecule has 212 valence electrons. The highest BCUT2D eigenvalue weighted by Crippen LogP contribution is 2.45. The summed E-state index contributed by atoms with van der Waals surface area (Å²) in [5, 5.41) is 2.34. The molecule has 0 spiro atoms. The summed E-state index contributed by atoms with van der Waals surface area (Å²) in [4.78, 5) is 14.3. The van der Waals surface area contributed by atoms with E-state index in [1.807, 2.05) is 0 Å².